The van der Waals surface area contributed by atoms with Crippen LogP contribution in [-0.4, -0.2) is 29.4 Å². The van der Waals surface area contributed by atoms with Gasteiger partial charge >= 0.3 is 0 Å². The van der Waals surface area contributed by atoms with Gasteiger partial charge in [-0.1, -0.05) is 0 Å². The number of piperidine rings is 1. The van der Waals surface area contributed by atoms with Gasteiger partial charge in [0.05, 0.1) is 5.50 Å². The van der Waals surface area contributed by atoms with Gasteiger partial charge in [-0.2, -0.15) is 0 Å². The Bertz CT molecular complexity index is 95.6. The van der Waals surface area contributed by atoms with E-state index in [1.807, 2.05) is 0 Å². The van der Waals surface area contributed by atoms with Crippen molar-refractivity contribution in [2.75, 3.05) is 19.0 Å². The number of halogens is 2. The number of hydrogen-bond donors (Lipinski definition) is 0. The summed E-state index contributed by atoms with van der Waals surface area (Å²) in [6, 6.07) is 0. The van der Waals surface area contributed by atoms with Crippen LogP contribution >= 0.6 is 23.2 Å². The van der Waals surface area contributed by atoms with Gasteiger partial charge in [-0.15, -0.1) is 23.2 Å². The minimum atomic E-state index is 0.243. The average molecular weight is 182 g/mol. The minimum absolute atomic E-state index is 0.243. The van der Waals surface area contributed by atoms with Crippen molar-refractivity contribution in [2.24, 2.45) is 0 Å². The highest BCUT2D eigenvalue weighted by Gasteiger charge is 2.18. The summed E-state index contributed by atoms with van der Waals surface area (Å²) in [5.41, 5.74) is 0.243. The van der Waals surface area contributed by atoms with Crippen molar-refractivity contribution in [3.05, 3.63) is 0 Å². The zero-order valence-electron chi connectivity index (χ0n) is 6.02. The van der Waals surface area contributed by atoms with Crippen molar-refractivity contribution in [1.29, 1.82) is 0 Å². The van der Waals surface area contributed by atoms with Crippen LogP contribution in [0.15, 0.2) is 0 Å². The Morgan fingerprint density at radius 1 is 1.40 bits per heavy atom. The Morgan fingerprint density at radius 2 is 2.20 bits per heavy atom. The summed E-state index contributed by atoms with van der Waals surface area (Å²) in [6.45, 7) is 2.07. The van der Waals surface area contributed by atoms with Crippen molar-refractivity contribution in [2.45, 2.75) is 24.8 Å². The van der Waals surface area contributed by atoms with Gasteiger partial charge < -0.3 is 0 Å². The van der Waals surface area contributed by atoms with E-state index in [0.29, 0.717) is 5.88 Å². The summed E-state index contributed by atoms with van der Waals surface area (Å²) in [5, 5.41) is 0. The molecule has 1 atom stereocenters. The molecule has 0 saturated carbocycles. The largest absolute Gasteiger partial charge is 0.286 e. The fourth-order valence-electron chi connectivity index (χ4n) is 1.31. The standard InChI is InChI=1S/C7H13Cl2N/c8-4-6-10-5-2-1-3-7(10)9/h7H,1-6H2. The van der Waals surface area contributed by atoms with Gasteiger partial charge in [-0.05, 0) is 25.8 Å². The van der Waals surface area contributed by atoms with Crippen LogP contribution in [0.25, 0.3) is 0 Å². The SMILES string of the molecule is ClCCN1CCCCC1Cl. The molecule has 1 heterocycles. The Hall–Kier alpha value is 0.540. The maximum absolute atomic E-state index is 6.03. The highest BCUT2D eigenvalue weighted by Crippen LogP contribution is 2.19. The second-order valence-corrected chi connectivity index (χ2v) is 3.54. The number of alkyl halides is 2. The lowest BCUT2D eigenvalue weighted by Crippen LogP contribution is -2.37. The van der Waals surface area contributed by atoms with Crippen LogP contribution in [0.4, 0.5) is 0 Å². The van der Waals surface area contributed by atoms with Crippen molar-refractivity contribution in [3.8, 4) is 0 Å². The Morgan fingerprint density at radius 3 is 2.80 bits per heavy atom. The number of likely N-dealkylation sites (tertiary alicyclic amines) is 1. The third-order valence-corrected chi connectivity index (χ3v) is 2.57. The third kappa shape index (κ3) is 2.30. The van der Waals surface area contributed by atoms with Gasteiger partial charge in [0, 0.05) is 12.4 Å². The molecule has 1 saturated heterocycles. The molecule has 0 N–H and O–H groups in total. The molecule has 60 valence electrons. The van der Waals surface area contributed by atoms with E-state index in [1.165, 1.54) is 12.8 Å². The third-order valence-electron chi connectivity index (χ3n) is 1.91. The number of rotatable bonds is 2. The van der Waals surface area contributed by atoms with Gasteiger partial charge in [0.2, 0.25) is 0 Å². The first-order chi connectivity index (χ1) is 4.84. The van der Waals surface area contributed by atoms with Crippen LogP contribution in [0.2, 0.25) is 0 Å². The molecule has 0 aliphatic carbocycles. The van der Waals surface area contributed by atoms with Crippen molar-refractivity contribution >= 4 is 23.2 Å². The zero-order valence-corrected chi connectivity index (χ0v) is 7.53. The van der Waals surface area contributed by atoms with Crippen LogP contribution < -0.4 is 0 Å². The van der Waals surface area contributed by atoms with Gasteiger partial charge in [0.1, 0.15) is 0 Å². The van der Waals surface area contributed by atoms with E-state index >= 15 is 0 Å². The first-order valence-electron chi connectivity index (χ1n) is 3.78. The molecule has 1 aliphatic heterocycles. The summed E-state index contributed by atoms with van der Waals surface area (Å²) in [6.07, 6.45) is 3.67. The monoisotopic (exact) mass is 181 g/mol. The topological polar surface area (TPSA) is 3.24 Å². The van der Waals surface area contributed by atoms with Crippen molar-refractivity contribution < 1.29 is 0 Å². The van der Waals surface area contributed by atoms with Gasteiger partial charge in [0.25, 0.3) is 0 Å². The zero-order chi connectivity index (χ0) is 7.40. The van der Waals surface area contributed by atoms with Gasteiger partial charge in [0.15, 0.2) is 0 Å². The molecule has 0 aromatic heterocycles. The molecule has 10 heavy (non-hydrogen) atoms. The van der Waals surface area contributed by atoms with Crippen LogP contribution in [0.1, 0.15) is 19.3 Å². The van der Waals surface area contributed by atoms with Crippen molar-refractivity contribution in [3.63, 3.8) is 0 Å². The summed E-state index contributed by atoms with van der Waals surface area (Å²) in [7, 11) is 0. The lowest BCUT2D eigenvalue weighted by molar-refractivity contribution is 0.213. The molecule has 0 amide bonds. The van der Waals surface area contributed by atoms with Crippen LogP contribution in [-0.2, 0) is 0 Å². The molecular formula is C7H13Cl2N. The molecule has 1 fully saturated rings. The predicted octanol–water partition coefficient (Wildman–Crippen LogP) is 2.28. The highest BCUT2D eigenvalue weighted by molar-refractivity contribution is 6.20. The molecule has 0 spiro atoms. The quantitative estimate of drug-likeness (QED) is 0.467. The van der Waals surface area contributed by atoms with E-state index in [-0.39, 0.29) is 5.50 Å². The lowest BCUT2D eigenvalue weighted by atomic mass is 10.1. The summed E-state index contributed by atoms with van der Waals surface area (Å²) < 4.78 is 0. The van der Waals surface area contributed by atoms with E-state index in [2.05, 4.69) is 4.90 Å². The Balaban J connectivity index is 2.25. The van der Waals surface area contributed by atoms with E-state index < -0.39 is 0 Å². The van der Waals surface area contributed by atoms with Crippen LogP contribution in [0.5, 0.6) is 0 Å². The second kappa shape index (κ2) is 4.42. The van der Waals surface area contributed by atoms with E-state index in [1.54, 1.807) is 0 Å². The first-order valence-corrected chi connectivity index (χ1v) is 4.76. The van der Waals surface area contributed by atoms with E-state index in [0.717, 1.165) is 19.5 Å². The highest BCUT2D eigenvalue weighted by atomic mass is 35.5. The molecule has 1 unspecified atom stereocenters. The van der Waals surface area contributed by atoms with Crippen LogP contribution in [0.3, 0.4) is 0 Å². The number of hydrogen-bond acceptors (Lipinski definition) is 1. The Kier molecular flexibility index (Phi) is 3.82. The maximum atomic E-state index is 6.03. The van der Waals surface area contributed by atoms with Gasteiger partial charge in [-0.3, -0.25) is 4.90 Å². The second-order valence-electron chi connectivity index (χ2n) is 2.66. The van der Waals surface area contributed by atoms with E-state index in [4.69, 9.17) is 23.2 Å². The average Bonchev–Trinajstić information content (AvgIpc) is 1.94. The van der Waals surface area contributed by atoms with Crippen LogP contribution in [0, 0.1) is 0 Å². The molecule has 0 aromatic rings. The Labute approximate surface area is 72.3 Å². The smallest absolute Gasteiger partial charge is 0.0850 e. The maximum Gasteiger partial charge on any atom is 0.0850 e. The predicted molar refractivity (Wildman–Crippen MR) is 45.8 cm³/mol. The van der Waals surface area contributed by atoms with Gasteiger partial charge in [-0.25, -0.2) is 0 Å². The lowest BCUT2D eigenvalue weighted by Gasteiger charge is -2.30. The molecule has 1 rings (SSSR count). The molecule has 0 aromatic carbocycles. The molecule has 0 radical (unpaired) electrons. The fraction of sp³-hybridized carbons (Fsp3) is 1.00. The first kappa shape index (κ1) is 8.63. The minimum Gasteiger partial charge on any atom is -0.286 e. The number of nitrogens with zero attached hydrogens (tertiary/aromatic N) is 1. The summed E-state index contributed by atoms with van der Waals surface area (Å²) >= 11 is 11.6. The normalized spacial score (nSPS) is 28.8. The van der Waals surface area contributed by atoms with E-state index in [9.17, 15) is 0 Å². The fourth-order valence-corrected chi connectivity index (χ4v) is 1.88. The molecule has 1 nitrogen and oxygen atoms in total. The summed E-state index contributed by atoms with van der Waals surface area (Å²) in [4.78, 5) is 2.25. The molecular weight excluding hydrogens is 169 g/mol. The summed E-state index contributed by atoms with van der Waals surface area (Å²) in [5.74, 6) is 0.698. The molecule has 0 bridgehead atoms. The van der Waals surface area contributed by atoms with Crippen molar-refractivity contribution in [1.82, 2.24) is 4.90 Å². The molecule has 1 aliphatic rings. The molecule has 3 heteroatoms.